The van der Waals surface area contributed by atoms with Gasteiger partial charge in [0.2, 0.25) is 0 Å². The zero-order chi connectivity index (χ0) is 2.71. The van der Waals surface area contributed by atoms with Gasteiger partial charge in [-0.15, -0.1) is 0 Å². The first-order chi connectivity index (χ1) is 1.41. The van der Waals surface area contributed by atoms with E-state index in [2.05, 4.69) is 0 Å². The van der Waals surface area contributed by atoms with E-state index in [9.17, 15) is 0 Å². The molecule has 0 unspecified atom stereocenters. The van der Waals surface area contributed by atoms with Gasteiger partial charge in [-0.05, 0) is 0 Å². The van der Waals surface area contributed by atoms with Crippen LogP contribution in [0, 0.1) is 0 Å². The number of hydrogen-bond acceptors (Lipinski definition) is 2. The average molecular weight is 225 g/mol. The zero-order valence-electron chi connectivity index (χ0n) is 1.76. The summed E-state index contributed by atoms with van der Waals surface area (Å²) >= 11 is 0. The SMILES string of the molecule is O=C=O.[Ta]. The monoisotopic (exact) mass is 225 g/mol. The second kappa shape index (κ2) is 11.2. The Morgan fingerprint density at radius 1 is 1.25 bits per heavy atom. The molecule has 0 aromatic rings. The van der Waals surface area contributed by atoms with E-state index in [1.54, 1.807) is 0 Å². The topological polar surface area (TPSA) is 34.1 Å². The summed E-state index contributed by atoms with van der Waals surface area (Å²) in [5.74, 6) is 0. The third kappa shape index (κ3) is 184. The average Bonchev–Trinajstić information content (AvgIpc) is 0.918. The number of rotatable bonds is 0. The molecule has 0 rings (SSSR count). The van der Waals surface area contributed by atoms with Crippen molar-refractivity contribution in [3.05, 3.63) is 0 Å². The van der Waals surface area contributed by atoms with Crippen LogP contribution in [0.25, 0.3) is 0 Å². The molecule has 0 heterocycles. The van der Waals surface area contributed by atoms with Gasteiger partial charge in [0.1, 0.15) is 0 Å². The second-order valence-corrected chi connectivity index (χ2v) is 0.0833. The van der Waals surface area contributed by atoms with Gasteiger partial charge >= 0.3 is 6.15 Å². The summed E-state index contributed by atoms with van der Waals surface area (Å²) < 4.78 is 0. The van der Waals surface area contributed by atoms with Crippen molar-refractivity contribution in [2.24, 2.45) is 0 Å². The zero-order valence-corrected chi connectivity index (χ0v) is 4.98. The minimum atomic E-state index is 0. The van der Waals surface area contributed by atoms with Crippen molar-refractivity contribution in [2.45, 2.75) is 0 Å². The van der Waals surface area contributed by atoms with E-state index in [0.29, 0.717) is 0 Å². The normalized spacial score (nSPS) is 2.00. The molecule has 3 heteroatoms. The van der Waals surface area contributed by atoms with Crippen molar-refractivity contribution >= 4 is 6.15 Å². The molecule has 0 bridgehead atoms. The molecule has 0 aromatic heterocycles. The Balaban J connectivity index is 0. The van der Waals surface area contributed by atoms with Crippen LogP contribution < -0.4 is 0 Å². The molecule has 0 aromatic carbocycles. The first-order valence-electron chi connectivity index (χ1n) is 0.408. The maximum atomic E-state index is 8.12. The van der Waals surface area contributed by atoms with Crippen molar-refractivity contribution in [3.8, 4) is 0 Å². The maximum absolute atomic E-state index is 8.12. The standard InChI is InChI=1S/CO2.Ta/c2-1-3;. The van der Waals surface area contributed by atoms with Gasteiger partial charge in [0.15, 0.2) is 0 Å². The van der Waals surface area contributed by atoms with E-state index in [1.165, 1.54) is 0 Å². The van der Waals surface area contributed by atoms with Gasteiger partial charge in [-0.25, -0.2) is 0 Å². The molecule has 0 aliphatic heterocycles. The van der Waals surface area contributed by atoms with E-state index >= 15 is 0 Å². The molecule has 0 aliphatic carbocycles. The predicted octanol–water partition coefficient (Wildman–Crippen LogP) is -0.586. The molecule has 1 radical (unpaired) electrons. The van der Waals surface area contributed by atoms with Gasteiger partial charge in [-0.2, -0.15) is 9.59 Å². The van der Waals surface area contributed by atoms with Crippen LogP contribution in [0.15, 0.2) is 0 Å². The first kappa shape index (κ1) is 8.92. The molecule has 2 nitrogen and oxygen atoms in total. The summed E-state index contributed by atoms with van der Waals surface area (Å²) in [6.07, 6.45) is 0.250. The fourth-order valence-electron chi connectivity index (χ4n) is 0. The van der Waals surface area contributed by atoms with E-state index in [0.717, 1.165) is 0 Å². The Labute approximate surface area is 38.7 Å². The summed E-state index contributed by atoms with van der Waals surface area (Å²) in [5, 5.41) is 0. The number of hydrogen-bond donors (Lipinski definition) is 0. The molecule has 0 fully saturated rings. The fourth-order valence-corrected chi connectivity index (χ4v) is 0. The summed E-state index contributed by atoms with van der Waals surface area (Å²) in [6.45, 7) is 0. The molecule has 0 atom stereocenters. The predicted molar refractivity (Wildman–Crippen MR) is 5.01 cm³/mol. The van der Waals surface area contributed by atoms with Gasteiger partial charge in [0.05, 0.1) is 0 Å². The Morgan fingerprint density at radius 3 is 1.25 bits per heavy atom. The van der Waals surface area contributed by atoms with Gasteiger partial charge in [-0.3, -0.25) is 0 Å². The van der Waals surface area contributed by atoms with Crippen LogP contribution in [-0.4, -0.2) is 6.15 Å². The quantitative estimate of drug-likeness (QED) is 0.552. The molecule has 0 aliphatic rings. The third-order valence-corrected chi connectivity index (χ3v) is 0. The summed E-state index contributed by atoms with van der Waals surface area (Å²) in [4.78, 5) is 16.2. The van der Waals surface area contributed by atoms with Crippen LogP contribution >= 0.6 is 0 Å². The minimum Gasteiger partial charge on any atom is -0.186 e. The molecule has 0 amide bonds. The van der Waals surface area contributed by atoms with Crippen LogP contribution in [-0.2, 0) is 32.0 Å². The van der Waals surface area contributed by atoms with Crippen LogP contribution in [0.3, 0.4) is 0 Å². The van der Waals surface area contributed by atoms with Crippen molar-refractivity contribution in [1.82, 2.24) is 0 Å². The minimum absolute atomic E-state index is 0. The Bertz CT molecular complexity index is 27.0. The Hall–Kier alpha value is 0.120. The number of carbonyl (C=O) groups excluding carboxylic acids is 2. The first-order valence-corrected chi connectivity index (χ1v) is 0.408. The fraction of sp³-hybridized carbons (Fsp3) is 0. The van der Waals surface area contributed by atoms with Crippen LogP contribution in [0.1, 0.15) is 0 Å². The van der Waals surface area contributed by atoms with E-state index in [1.807, 2.05) is 0 Å². The largest absolute Gasteiger partial charge is 0.373 e. The summed E-state index contributed by atoms with van der Waals surface area (Å²) in [7, 11) is 0. The molecule has 0 N–H and O–H groups in total. The summed E-state index contributed by atoms with van der Waals surface area (Å²) in [6, 6.07) is 0. The molecule has 0 spiro atoms. The van der Waals surface area contributed by atoms with Crippen molar-refractivity contribution in [2.75, 3.05) is 0 Å². The van der Waals surface area contributed by atoms with Crippen LogP contribution in [0.5, 0.6) is 0 Å². The van der Waals surface area contributed by atoms with Crippen molar-refractivity contribution in [3.63, 3.8) is 0 Å². The van der Waals surface area contributed by atoms with Crippen molar-refractivity contribution in [1.29, 1.82) is 0 Å². The van der Waals surface area contributed by atoms with Gasteiger partial charge in [0, 0.05) is 22.4 Å². The molecular weight excluding hydrogens is 225 g/mol. The molecule has 0 saturated carbocycles. The van der Waals surface area contributed by atoms with Gasteiger partial charge < -0.3 is 0 Å². The molecule has 0 saturated heterocycles. The smallest absolute Gasteiger partial charge is 0.186 e. The van der Waals surface area contributed by atoms with Gasteiger partial charge in [0.25, 0.3) is 0 Å². The second-order valence-electron chi connectivity index (χ2n) is 0.0833. The molecular formula is CO2Ta. The van der Waals surface area contributed by atoms with Crippen LogP contribution in [0.2, 0.25) is 0 Å². The maximum Gasteiger partial charge on any atom is 0.373 e. The van der Waals surface area contributed by atoms with E-state index < -0.39 is 0 Å². The molecule has 4 heavy (non-hydrogen) atoms. The summed E-state index contributed by atoms with van der Waals surface area (Å²) in [5.41, 5.74) is 0. The van der Waals surface area contributed by atoms with Crippen LogP contribution in [0.4, 0.5) is 0 Å². The van der Waals surface area contributed by atoms with E-state index in [-0.39, 0.29) is 28.5 Å². The Kier molecular flexibility index (Phi) is 24.9. The van der Waals surface area contributed by atoms with Crippen molar-refractivity contribution < 1.29 is 32.0 Å². The van der Waals surface area contributed by atoms with Gasteiger partial charge in [-0.1, -0.05) is 0 Å². The van der Waals surface area contributed by atoms with E-state index in [4.69, 9.17) is 9.59 Å². The third-order valence-electron chi connectivity index (χ3n) is 0. The Morgan fingerprint density at radius 2 is 1.25 bits per heavy atom. The molecule has 21 valence electrons.